The lowest BCUT2D eigenvalue weighted by Gasteiger charge is -2.23. The average Bonchev–Trinajstić information content (AvgIpc) is 2.49. The summed E-state index contributed by atoms with van der Waals surface area (Å²) in [5.41, 5.74) is 6.98. The maximum absolute atomic E-state index is 12.3. The van der Waals surface area contributed by atoms with Crippen molar-refractivity contribution in [1.82, 2.24) is 0 Å². The monoisotopic (exact) mass is 314 g/mol. The van der Waals surface area contributed by atoms with Gasteiger partial charge < -0.3 is 15.2 Å². The minimum absolute atomic E-state index is 0.294. The zero-order chi connectivity index (χ0) is 15.3. The van der Waals surface area contributed by atoms with E-state index in [1.54, 1.807) is 18.2 Å². The lowest BCUT2D eigenvalue weighted by atomic mass is 10.2. The molecule has 0 atom stereocenters. The van der Waals surface area contributed by atoms with Crippen molar-refractivity contribution in [3.8, 4) is 5.75 Å². The second kappa shape index (κ2) is 7.11. The molecule has 7 heteroatoms. The minimum Gasteiger partial charge on any atom is -0.494 e. The van der Waals surface area contributed by atoms with Crippen LogP contribution in [0.1, 0.15) is 25.3 Å². The van der Waals surface area contributed by atoms with Crippen LogP contribution in [-0.2, 0) is 21.3 Å². The number of benzene rings is 1. The summed E-state index contributed by atoms with van der Waals surface area (Å²) in [4.78, 5) is 0. The molecule has 1 fully saturated rings. The molecule has 1 aliphatic heterocycles. The summed E-state index contributed by atoms with van der Waals surface area (Å²) in [5.74, 6) is 0.689. The molecule has 1 aromatic carbocycles. The number of nitrogens with two attached hydrogens (primary N) is 1. The van der Waals surface area contributed by atoms with Crippen LogP contribution in [0.15, 0.2) is 18.2 Å². The van der Waals surface area contributed by atoms with Gasteiger partial charge in [0.25, 0.3) is 0 Å². The molecular weight excluding hydrogens is 292 g/mol. The van der Waals surface area contributed by atoms with Gasteiger partial charge in [-0.3, -0.25) is 4.72 Å². The standard InChI is InChI=1S/C14H22N2O4S/c1-2-20-14-4-3-12(9-11(14)10-15)16-21(17,18)13-5-7-19-8-6-13/h3-4,9,13,16H,2,5-8,10,15H2,1H3. The molecule has 3 N–H and O–H groups in total. The van der Waals surface area contributed by atoms with E-state index in [9.17, 15) is 8.42 Å². The number of anilines is 1. The van der Waals surface area contributed by atoms with Gasteiger partial charge in [0.05, 0.1) is 11.9 Å². The maximum Gasteiger partial charge on any atom is 0.235 e. The number of ether oxygens (including phenoxy) is 2. The van der Waals surface area contributed by atoms with Gasteiger partial charge in [-0.15, -0.1) is 0 Å². The highest BCUT2D eigenvalue weighted by atomic mass is 32.2. The summed E-state index contributed by atoms with van der Waals surface area (Å²) in [7, 11) is -3.40. The van der Waals surface area contributed by atoms with E-state index in [1.807, 2.05) is 6.92 Å². The van der Waals surface area contributed by atoms with Crippen LogP contribution in [-0.4, -0.2) is 33.5 Å². The number of nitrogens with one attached hydrogen (secondary N) is 1. The van der Waals surface area contributed by atoms with E-state index in [-0.39, 0.29) is 0 Å². The highest BCUT2D eigenvalue weighted by Gasteiger charge is 2.27. The first-order valence-electron chi connectivity index (χ1n) is 7.12. The number of rotatable bonds is 6. The zero-order valence-corrected chi connectivity index (χ0v) is 13.0. The van der Waals surface area contributed by atoms with E-state index >= 15 is 0 Å². The molecule has 118 valence electrons. The van der Waals surface area contributed by atoms with Crippen LogP contribution in [0.2, 0.25) is 0 Å². The molecule has 0 aliphatic carbocycles. The normalized spacial score (nSPS) is 16.7. The lowest BCUT2D eigenvalue weighted by molar-refractivity contribution is 0.0984. The molecule has 21 heavy (non-hydrogen) atoms. The summed E-state index contributed by atoms with van der Waals surface area (Å²) in [6.45, 7) is 3.70. The predicted molar refractivity (Wildman–Crippen MR) is 81.9 cm³/mol. The van der Waals surface area contributed by atoms with Gasteiger partial charge in [0.15, 0.2) is 0 Å². The largest absolute Gasteiger partial charge is 0.494 e. The predicted octanol–water partition coefficient (Wildman–Crippen LogP) is 1.46. The first-order chi connectivity index (χ1) is 10.1. The van der Waals surface area contributed by atoms with Crippen molar-refractivity contribution in [2.75, 3.05) is 24.5 Å². The molecule has 0 spiro atoms. The Bertz CT molecular complexity index is 568. The fourth-order valence-corrected chi connectivity index (χ4v) is 3.77. The maximum atomic E-state index is 12.3. The van der Waals surface area contributed by atoms with Crippen LogP contribution in [0.4, 0.5) is 5.69 Å². The minimum atomic E-state index is -3.40. The van der Waals surface area contributed by atoms with Crippen molar-refractivity contribution in [3.05, 3.63) is 23.8 Å². The van der Waals surface area contributed by atoms with E-state index in [1.165, 1.54) is 0 Å². The number of sulfonamides is 1. The molecule has 1 heterocycles. The zero-order valence-electron chi connectivity index (χ0n) is 12.2. The van der Waals surface area contributed by atoms with Crippen molar-refractivity contribution >= 4 is 15.7 Å². The molecule has 1 saturated heterocycles. The third-order valence-electron chi connectivity index (χ3n) is 3.45. The first kappa shape index (κ1) is 16.1. The summed E-state index contributed by atoms with van der Waals surface area (Å²) in [6, 6.07) is 5.16. The fourth-order valence-electron chi connectivity index (χ4n) is 2.33. The molecule has 0 saturated carbocycles. The van der Waals surface area contributed by atoms with Gasteiger partial charge in [0, 0.05) is 31.0 Å². The highest BCUT2D eigenvalue weighted by molar-refractivity contribution is 7.93. The smallest absolute Gasteiger partial charge is 0.235 e. The van der Waals surface area contributed by atoms with Crippen LogP contribution >= 0.6 is 0 Å². The molecule has 0 aromatic heterocycles. The van der Waals surface area contributed by atoms with Gasteiger partial charge in [-0.2, -0.15) is 0 Å². The summed E-state index contributed by atoms with van der Waals surface area (Å²) in [6.07, 6.45) is 1.05. The van der Waals surface area contributed by atoms with Gasteiger partial charge in [-0.1, -0.05) is 0 Å². The van der Waals surface area contributed by atoms with Gasteiger partial charge in [0.1, 0.15) is 5.75 Å². The van der Waals surface area contributed by atoms with Crippen LogP contribution in [0, 0.1) is 0 Å². The lowest BCUT2D eigenvalue weighted by Crippen LogP contribution is -2.33. The Labute approximate surface area is 125 Å². The molecule has 0 amide bonds. The van der Waals surface area contributed by atoms with Crippen molar-refractivity contribution < 1.29 is 17.9 Å². The quantitative estimate of drug-likeness (QED) is 0.829. The Kier molecular flexibility index (Phi) is 5.44. The summed E-state index contributed by atoms with van der Waals surface area (Å²) < 4.78 is 38.0. The SMILES string of the molecule is CCOc1ccc(NS(=O)(=O)C2CCOCC2)cc1CN. The fraction of sp³-hybridized carbons (Fsp3) is 0.571. The molecule has 0 bridgehead atoms. The Morgan fingerprint density at radius 2 is 2.10 bits per heavy atom. The van der Waals surface area contributed by atoms with Crippen molar-refractivity contribution in [2.24, 2.45) is 5.73 Å². The molecule has 0 unspecified atom stereocenters. The van der Waals surface area contributed by atoms with E-state index < -0.39 is 15.3 Å². The molecule has 1 aromatic rings. The van der Waals surface area contributed by atoms with Crippen LogP contribution in [0.25, 0.3) is 0 Å². The van der Waals surface area contributed by atoms with Crippen LogP contribution < -0.4 is 15.2 Å². The van der Waals surface area contributed by atoms with E-state index in [2.05, 4.69) is 4.72 Å². The van der Waals surface area contributed by atoms with Crippen molar-refractivity contribution in [2.45, 2.75) is 31.6 Å². The molecule has 0 radical (unpaired) electrons. The van der Waals surface area contributed by atoms with Crippen molar-refractivity contribution in [3.63, 3.8) is 0 Å². The number of hydrogen-bond acceptors (Lipinski definition) is 5. The van der Waals surface area contributed by atoms with E-state index in [4.69, 9.17) is 15.2 Å². The van der Waals surface area contributed by atoms with Crippen molar-refractivity contribution in [1.29, 1.82) is 0 Å². The van der Waals surface area contributed by atoms with Gasteiger partial charge >= 0.3 is 0 Å². The second-order valence-electron chi connectivity index (χ2n) is 4.92. The Morgan fingerprint density at radius 3 is 2.71 bits per heavy atom. The molecular formula is C14H22N2O4S. The van der Waals surface area contributed by atoms with Gasteiger partial charge in [0.2, 0.25) is 10.0 Å². The topological polar surface area (TPSA) is 90.6 Å². The molecule has 2 rings (SSSR count). The third kappa shape index (κ3) is 4.09. The number of hydrogen-bond donors (Lipinski definition) is 2. The Hall–Kier alpha value is -1.31. The van der Waals surface area contributed by atoms with Crippen LogP contribution in [0.5, 0.6) is 5.75 Å². The first-order valence-corrected chi connectivity index (χ1v) is 8.66. The summed E-state index contributed by atoms with van der Waals surface area (Å²) in [5, 5.41) is -0.404. The summed E-state index contributed by atoms with van der Waals surface area (Å²) >= 11 is 0. The third-order valence-corrected chi connectivity index (χ3v) is 5.32. The molecule has 6 nitrogen and oxygen atoms in total. The van der Waals surface area contributed by atoms with E-state index in [0.29, 0.717) is 50.6 Å². The molecule has 1 aliphatic rings. The highest BCUT2D eigenvalue weighted by Crippen LogP contribution is 2.25. The van der Waals surface area contributed by atoms with E-state index in [0.717, 1.165) is 5.56 Å². The van der Waals surface area contributed by atoms with Gasteiger partial charge in [-0.25, -0.2) is 8.42 Å². The van der Waals surface area contributed by atoms with Crippen LogP contribution in [0.3, 0.4) is 0 Å². The Balaban J connectivity index is 2.14. The second-order valence-corrected chi connectivity index (χ2v) is 6.88. The Morgan fingerprint density at radius 1 is 1.38 bits per heavy atom. The average molecular weight is 314 g/mol. The van der Waals surface area contributed by atoms with Gasteiger partial charge in [-0.05, 0) is 38.0 Å².